The Morgan fingerprint density at radius 3 is 2.69 bits per heavy atom. The minimum absolute atomic E-state index is 0.0335. The minimum atomic E-state index is -0.465. The third kappa shape index (κ3) is 1.71. The number of nitrogens with one attached hydrogen (secondary N) is 1. The lowest BCUT2D eigenvalue weighted by atomic mass is 9.94. The highest BCUT2D eigenvalue weighted by Crippen LogP contribution is 2.35. The second-order valence-electron chi connectivity index (χ2n) is 4.75. The molecule has 86 valence electrons. The van der Waals surface area contributed by atoms with Gasteiger partial charge >= 0.3 is 0 Å². The fourth-order valence-electron chi connectivity index (χ4n) is 2.00. The summed E-state index contributed by atoms with van der Waals surface area (Å²) >= 11 is 0. The van der Waals surface area contributed by atoms with Gasteiger partial charge in [-0.3, -0.25) is 4.79 Å². The maximum absolute atomic E-state index is 11.5. The summed E-state index contributed by atoms with van der Waals surface area (Å²) in [6.07, 6.45) is -0.465. The first-order chi connectivity index (χ1) is 7.50. The van der Waals surface area contributed by atoms with Gasteiger partial charge in [-0.05, 0) is 30.0 Å². The third-order valence-electron chi connectivity index (χ3n) is 3.17. The average molecular weight is 219 g/mol. The van der Waals surface area contributed by atoms with Gasteiger partial charge in [0, 0.05) is 5.69 Å². The average Bonchev–Trinajstić information content (AvgIpc) is 2.53. The van der Waals surface area contributed by atoms with Gasteiger partial charge in [0.2, 0.25) is 5.91 Å². The number of fused-ring (bicyclic) bond motifs is 1. The number of rotatable bonds is 2. The fraction of sp³-hybridized carbons (Fsp3) is 0.462. The first-order valence-corrected chi connectivity index (χ1v) is 5.63. The number of hydrogen-bond acceptors (Lipinski definition) is 2. The molecule has 0 bridgehead atoms. The van der Waals surface area contributed by atoms with E-state index in [1.807, 2.05) is 39.0 Å². The second kappa shape index (κ2) is 3.91. The third-order valence-corrected chi connectivity index (χ3v) is 3.17. The summed E-state index contributed by atoms with van der Waals surface area (Å²) in [6, 6.07) is 5.68. The number of anilines is 1. The van der Waals surface area contributed by atoms with Crippen LogP contribution < -0.4 is 5.32 Å². The zero-order chi connectivity index (χ0) is 11.9. The molecule has 0 saturated carbocycles. The van der Waals surface area contributed by atoms with Crippen LogP contribution in [0.25, 0.3) is 0 Å². The van der Waals surface area contributed by atoms with E-state index in [-0.39, 0.29) is 17.7 Å². The molecule has 2 N–H and O–H groups in total. The Kier molecular flexibility index (Phi) is 2.72. The summed E-state index contributed by atoms with van der Waals surface area (Å²) < 4.78 is 0. The molecule has 0 aliphatic carbocycles. The van der Waals surface area contributed by atoms with Crippen molar-refractivity contribution in [3.8, 4) is 0 Å². The van der Waals surface area contributed by atoms with Gasteiger partial charge in [0.05, 0.1) is 12.0 Å². The van der Waals surface area contributed by atoms with Crippen molar-refractivity contribution >= 4 is 11.6 Å². The molecular formula is C13H17NO2. The molecule has 1 heterocycles. The molecule has 1 amide bonds. The first kappa shape index (κ1) is 11.1. The van der Waals surface area contributed by atoms with E-state index < -0.39 is 6.10 Å². The van der Waals surface area contributed by atoms with E-state index in [1.165, 1.54) is 0 Å². The molecule has 2 atom stereocenters. The summed E-state index contributed by atoms with van der Waals surface area (Å²) in [4.78, 5) is 11.5. The lowest BCUT2D eigenvalue weighted by Crippen LogP contribution is -2.08. The predicted octanol–water partition coefficient (Wildman–Crippen LogP) is 2.43. The molecule has 0 aromatic heterocycles. The van der Waals surface area contributed by atoms with Crippen LogP contribution in [0.2, 0.25) is 0 Å². The van der Waals surface area contributed by atoms with Crippen LogP contribution in [0.5, 0.6) is 0 Å². The van der Waals surface area contributed by atoms with Crippen LogP contribution in [0.1, 0.15) is 43.9 Å². The van der Waals surface area contributed by atoms with E-state index in [1.54, 1.807) is 0 Å². The van der Waals surface area contributed by atoms with E-state index >= 15 is 0 Å². The van der Waals surface area contributed by atoms with Crippen molar-refractivity contribution in [1.82, 2.24) is 0 Å². The Morgan fingerprint density at radius 1 is 1.38 bits per heavy atom. The topological polar surface area (TPSA) is 49.3 Å². The lowest BCUT2D eigenvalue weighted by molar-refractivity contribution is -0.116. The molecule has 0 saturated heterocycles. The minimum Gasteiger partial charge on any atom is -0.388 e. The van der Waals surface area contributed by atoms with Crippen LogP contribution in [-0.4, -0.2) is 11.0 Å². The molecule has 16 heavy (non-hydrogen) atoms. The molecule has 0 radical (unpaired) electrons. The van der Waals surface area contributed by atoms with Gasteiger partial charge < -0.3 is 10.4 Å². The first-order valence-electron chi connectivity index (χ1n) is 5.63. The molecule has 1 aromatic carbocycles. The maximum Gasteiger partial charge on any atom is 0.231 e. The van der Waals surface area contributed by atoms with Crippen LogP contribution in [0.3, 0.4) is 0 Å². The Morgan fingerprint density at radius 2 is 2.06 bits per heavy atom. The van der Waals surface area contributed by atoms with Crippen molar-refractivity contribution in [2.45, 2.75) is 32.8 Å². The molecule has 3 nitrogen and oxygen atoms in total. The van der Waals surface area contributed by atoms with Crippen LogP contribution in [-0.2, 0) is 4.79 Å². The quantitative estimate of drug-likeness (QED) is 0.802. The van der Waals surface area contributed by atoms with E-state index in [9.17, 15) is 9.90 Å². The summed E-state index contributed by atoms with van der Waals surface area (Å²) in [5.74, 6) is 0.0962. The smallest absolute Gasteiger partial charge is 0.231 e. The molecular weight excluding hydrogens is 202 g/mol. The van der Waals surface area contributed by atoms with E-state index in [0.717, 1.165) is 16.8 Å². The molecule has 0 spiro atoms. The van der Waals surface area contributed by atoms with E-state index in [2.05, 4.69) is 5.32 Å². The zero-order valence-corrected chi connectivity index (χ0v) is 9.82. The molecule has 2 rings (SSSR count). The van der Waals surface area contributed by atoms with Gasteiger partial charge in [-0.15, -0.1) is 0 Å². The SMILES string of the molecule is CC1C(=O)Nc2ccc(C(O)C(C)C)cc21. The van der Waals surface area contributed by atoms with Gasteiger partial charge in [0.1, 0.15) is 0 Å². The van der Waals surface area contributed by atoms with Crippen molar-refractivity contribution in [2.75, 3.05) is 5.32 Å². The molecule has 2 unspecified atom stereocenters. The summed E-state index contributed by atoms with van der Waals surface area (Å²) in [6.45, 7) is 5.84. The number of aliphatic hydroxyl groups is 1. The van der Waals surface area contributed by atoms with Crippen molar-refractivity contribution in [1.29, 1.82) is 0 Å². The standard InChI is InChI=1S/C13H17NO2/c1-7(2)12(15)9-4-5-11-10(6-9)8(3)13(16)14-11/h4-8,12,15H,1-3H3,(H,14,16). The normalized spacial score (nSPS) is 20.8. The number of amides is 1. The van der Waals surface area contributed by atoms with Crippen molar-refractivity contribution < 1.29 is 9.90 Å². The summed E-state index contributed by atoms with van der Waals surface area (Å²) in [7, 11) is 0. The highest BCUT2D eigenvalue weighted by molar-refractivity contribution is 6.02. The maximum atomic E-state index is 11.5. The summed E-state index contributed by atoms with van der Waals surface area (Å²) in [5.41, 5.74) is 2.75. The highest BCUT2D eigenvalue weighted by atomic mass is 16.3. The van der Waals surface area contributed by atoms with Crippen molar-refractivity contribution in [3.05, 3.63) is 29.3 Å². The Labute approximate surface area is 95.5 Å². The van der Waals surface area contributed by atoms with Gasteiger partial charge in [0.25, 0.3) is 0 Å². The highest BCUT2D eigenvalue weighted by Gasteiger charge is 2.27. The Bertz CT molecular complexity index is 426. The van der Waals surface area contributed by atoms with Crippen LogP contribution in [0.15, 0.2) is 18.2 Å². The van der Waals surface area contributed by atoms with Crippen molar-refractivity contribution in [3.63, 3.8) is 0 Å². The van der Waals surface area contributed by atoms with Crippen LogP contribution in [0.4, 0.5) is 5.69 Å². The van der Waals surface area contributed by atoms with Crippen LogP contribution >= 0.6 is 0 Å². The molecule has 1 aliphatic heterocycles. The second-order valence-corrected chi connectivity index (χ2v) is 4.75. The number of benzene rings is 1. The predicted molar refractivity (Wildman–Crippen MR) is 63.3 cm³/mol. The van der Waals surface area contributed by atoms with Crippen LogP contribution in [0, 0.1) is 5.92 Å². The monoisotopic (exact) mass is 219 g/mol. The Balaban J connectivity index is 2.37. The largest absolute Gasteiger partial charge is 0.388 e. The van der Waals surface area contributed by atoms with Gasteiger partial charge in [-0.2, -0.15) is 0 Å². The lowest BCUT2D eigenvalue weighted by Gasteiger charge is -2.16. The number of carbonyl (C=O) groups is 1. The van der Waals surface area contributed by atoms with Gasteiger partial charge in [-0.1, -0.05) is 26.0 Å². The number of hydrogen-bond donors (Lipinski definition) is 2. The molecule has 1 aromatic rings. The molecule has 1 aliphatic rings. The molecule has 3 heteroatoms. The van der Waals surface area contributed by atoms with E-state index in [4.69, 9.17) is 0 Å². The Hall–Kier alpha value is -1.35. The number of aliphatic hydroxyl groups excluding tert-OH is 1. The fourth-order valence-corrected chi connectivity index (χ4v) is 2.00. The van der Waals surface area contributed by atoms with E-state index in [0.29, 0.717) is 0 Å². The zero-order valence-electron chi connectivity index (χ0n) is 9.82. The number of carbonyl (C=O) groups excluding carboxylic acids is 1. The van der Waals surface area contributed by atoms with Gasteiger partial charge in [0.15, 0.2) is 0 Å². The van der Waals surface area contributed by atoms with Gasteiger partial charge in [-0.25, -0.2) is 0 Å². The van der Waals surface area contributed by atoms with Crippen molar-refractivity contribution in [2.24, 2.45) is 5.92 Å². The summed E-state index contributed by atoms with van der Waals surface area (Å²) in [5, 5.41) is 12.8. The molecule has 0 fully saturated rings.